The lowest BCUT2D eigenvalue weighted by Crippen LogP contribution is -2.43. The van der Waals surface area contributed by atoms with E-state index in [0.29, 0.717) is 0 Å². The van der Waals surface area contributed by atoms with Crippen LogP contribution in [0.5, 0.6) is 0 Å². The minimum absolute atomic E-state index is 0.582. The van der Waals surface area contributed by atoms with Crippen LogP contribution < -0.4 is 0 Å². The van der Waals surface area contributed by atoms with Crippen LogP contribution in [0.2, 0.25) is 0 Å². The minimum Gasteiger partial charge on any atom is -0.383 e. The van der Waals surface area contributed by atoms with E-state index in [-0.39, 0.29) is 0 Å². The van der Waals surface area contributed by atoms with Gasteiger partial charge in [-0.3, -0.25) is 0 Å². The first-order valence-electron chi connectivity index (χ1n) is 4.66. The molecule has 0 aromatic carbocycles. The number of hydrogen-bond donors (Lipinski definition) is 1. The first-order chi connectivity index (χ1) is 6.21. The lowest BCUT2D eigenvalue weighted by molar-refractivity contribution is -0.0247. The number of rotatable bonds is 1. The number of thiophene rings is 1. The van der Waals surface area contributed by atoms with Gasteiger partial charge in [-0.15, -0.1) is 11.3 Å². The van der Waals surface area contributed by atoms with Crippen LogP contribution in [0, 0.1) is 0 Å². The minimum atomic E-state index is -0.582. The maximum atomic E-state index is 10.4. The van der Waals surface area contributed by atoms with E-state index < -0.39 is 5.60 Å². The van der Waals surface area contributed by atoms with Crippen molar-refractivity contribution in [3.8, 4) is 0 Å². The highest BCUT2D eigenvalue weighted by molar-refractivity contribution is 7.10. The molecule has 2 heterocycles. The standard InChI is InChI=1S/C10H15NOS/c1-11-6-3-5-10(12,8-11)9-4-2-7-13-9/h2,4,7,12H,3,5-6,8H2,1H3. The van der Waals surface area contributed by atoms with Crippen LogP contribution >= 0.6 is 11.3 Å². The molecule has 1 atom stereocenters. The van der Waals surface area contributed by atoms with Crippen molar-refractivity contribution < 1.29 is 5.11 Å². The Bertz CT molecular complexity index is 272. The molecule has 0 amide bonds. The summed E-state index contributed by atoms with van der Waals surface area (Å²) in [5, 5.41) is 12.4. The summed E-state index contributed by atoms with van der Waals surface area (Å²) in [7, 11) is 2.07. The zero-order valence-corrected chi connectivity index (χ0v) is 8.68. The van der Waals surface area contributed by atoms with E-state index >= 15 is 0 Å². The third kappa shape index (κ3) is 1.77. The fourth-order valence-corrected chi connectivity index (χ4v) is 2.84. The summed E-state index contributed by atoms with van der Waals surface area (Å²) < 4.78 is 0. The number of likely N-dealkylation sites (N-methyl/N-ethyl adjacent to an activating group) is 1. The van der Waals surface area contributed by atoms with Gasteiger partial charge in [0.1, 0.15) is 5.60 Å². The van der Waals surface area contributed by atoms with E-state index in [0.717, 1.165) is 30.8 Å². The van der Waals surface area contributed by atoms with Crippen LogP contribution in [-0.2, 0) is 5.60 Å². The second-order valence-corrected chi connectivity index (χ2v) is 4.80. The second kappa shape index (κ2) is 3.40. The van der Waals surface area contributed by atoms with Gasteiger partial charge in [0.05, 0.1) is 0 Å². The van der Waals surface area contributed by atoms with Crippen LogP contribution in [0.25, 0.3) is 0 Å². The van der Waals surface area contributed by atoms with Crippen molar-refractivity contribution in [2.45, 2.75) is 18.4 Å². The van der Waals surface area contributed by atoms with Gasteiger partial charge in [-0.1, -0.05) is 6.07 Å². The summed E-state index contributed by atoms with van der Waals surface area (Å²) in [4.78, 5) is 3.31. The average Bonchev–Trinajstić information content (AvgIpc) is 2.55. The van der Waals surface area contributed by atoms with Gasteiger partial charge in [-0.2, -0.15) is 0 Å². The van der Waals surface area contributed by atoms with Gasteiger partial charge in [0, 0.05) is 11.4 Å². The van der Waals surface area contributed by atoms with Crippen molar-refractivity contribution in [2.24, 2.45) is 0 Å². The van der Waals surface area contributed by atoms with E-state index in [1.54, 1.807) is 11.3 Å². The SMILES string of the molecule is CN1CCCC(O)(c2cccs2)C1. The van der Waals surface area contributed by atoms with Crippen LogP contribution in [0.4, 0.5) is 0 Å². The van der Waals surface area contributed by atoms with Crippen molar-refractivity contribution in [3.05, 3.63) is 22.4 Å². The van der Waals surface area contributed by atoms with E-state index in [2.05, 4.69) is 11.9 Å². The fourth-order valence-electron chi connectivity index (χ4n) is 1.99. The molecule has 2 nitrogen and oxygen atoms in total. The molecule has 0 radical (unpaired) electrons. The highest BCUT2D eigenvalue weighted by Crippen LogP contribution is 2.33. The molecule has 1 aliphatic rings. The van der Waals surface area contributed by atoms with Gasteiger partial charge in [0.2, 0.25) is 0 Å². The average molecular weight is 197 g/mol. The lowest BCUT2D eigenvalue weighted by Gasteiger charge is -2.36. The Morgan fingerprint density at radius 2 is 2.46 bits per heavy atom. The number of hydrogen-bond acceptors (Lipinski definition) is 3. The Balaban J connectivity index is 2.20. The molecule has 1 aromatic rings. The monoisotopic (exact) mass is 197 g/mol. The fraction of sp³-hybridized carbons (Fsp3) is 0.600. The zero-order valence-electron chi connectivity index (χ0n) is 7.86. The van der Waals surface area contributed by atoms with Gasteiger partial charge in [-0.25, -0.2) is 0 Å². The number of β-amino-alcohol motifs (C(OH)–C–C–N with tert-alkyl or cyclic N) is 1. The first kappa shape index (κ1) is 9.19. The molecule has 1 unspecified atom stereocenters. The van der Waals surface area contributed by atoms with E-state index in [4.69, 9.17) is 0 Å². The summed E-state index contributed by atoms with van der Waals surface area (Å²) >= 11 is 1.65. The molecule has 1 aliphatic heterocycles. The van der Waals surface area contributed by atoms with Gasteiger partial charge in [0.15, 0.2) is 0 Å². The molecule has 0 spiro atoms. The van der Waals surface area contributed by atoms with Crippen molar-refractivity contribution >= 4 is 11.3 Å². The molecule has 1 aromatic heterocycles. The quantitative estimate of drug-likeness (QED) is 0.740. The normalized spacial score (nSPS) is 30.6. The summed E-state index contributed by atoms with van der Waals surface area (Å²) in [6.07, 6.45) is 1.99. The smallest absolute Gasteiger partial charge is 0.111 e. The summed E-state index contributed by atoms with van der Waals surface area (Å²) in [5.41, 5.74) is -0.582. The number of piperidine rings is 1. The van der Waals surface area contributed by atoms with E-state index in [1.807, 2.05) is 17.5 Å². The van der Waals surface area contributed by atoms with Gasteiger partial charge >= 0.3 is 0 Å². The topological polar surface area (TPSA) is 23.5 Å². The lowest BCUT2D eigenvalue weighted by atomic mass is 9.92. The third-order valence-corrected chi connectivity index (χ3v) is 3.70. The highest BCUT2D eigenvalue weighted by atomic mass is 32.1. The molecular formula is C10H15NOS. The Morgan fingerprint density at radius 1 is 1.62 bits per heavy atom. The van der Waals surface area contributed by atoms with Crippen LogP contribution in [-0.4, -0.2) is 30.1 Å². The number of likely N-dealkylation sites (tertiary alicyclic amines) is 1. The molecular weight excluding hydrogens is 182 g/mol. The molecule has 0 bridgehead atoms. The van der Waals surface area contributed by atoms with E-state index in [1.165, 1.54) is 0 Å². The molecule has 0 aliphatic carbocycles. The zero-order chi connectivity index (χ0) is 9.31. The molecule has 0 saturated carbocycles. The second-order valence-electron chi connectivity index (χ2n) is 3.85. The maximum absolute atomic E-state index is 10.4. The molecule has 72 valence electrons. The molecule has 1 N–H and O–H groups in total. The third-order valence-electron chi connectivity index (χ3n) is 2.64. The molecule has 2 rings (SSSR count). The van der Waals surface area contributed by atoms with Crippen molar-refractivity contribution in [1.82, 2.24) is 4.90 Å². The van der Waals surface area contributed by atoms with Crippen LogP contribution in [0.15, 0.2) is 17.5 Å². The van der Waals surface area contributed by atoms with Gasteiger partial charge in [0.25, 0.3) is 0 Å². The first-order valence-corrected chi connectivity index (χ1v) is 5.54. The molecule has 13 heavy (non-hydrogen) atoms. The molecule has 3 heteroatoms. The summed E-state index contributed by atoms with van der Waals surface area (Å²) in [6.45, 7) is 1.88. The van der Waals surface area contributed by atoms with Gasteiger partial charge in [-0.05, 0) is 37.9 Å². The highest BCUT2D eigenvalue weighted by Gasteiger charge is 2.34. The van der Waals surface area contributed by atoms with Crippen molar-refractivity contribution in [2.75, 3.05) is 20.1 Å². The number of nitrogens with zero attached hydrogens (tertiary/aromatic N) is 1. The van der Waals surface area contributed by atoms with Crippen molar-refractivity contribution in [1.29, 1.82) is 0 Å². The summed E-state index contributed by atoms with van der Waals surface area (Å²) in [6, 6.07) is 4.04. The Morgan fingerprint density at radius 3 is 3.08 bits per heavy atom. The van der Waals surface area contributed by atoms with Crippen molar-refractivity contribution in [3.63, 3.8) is 0 Å². The van der Waals surface area contributed by atoms with Crippen LogP contribution in [0.1, 0.15) is 17.7 Å². The largest absolute Gasteiger partial charge is 0.383 e. The Labute approximate surface area is 82.8 Å². The number of aliphatic hydroxyl groups is 1. The Hall–Kier alpha value is -0.380. The Kier molecular flexibility index (Phi) is 2.41. The van der Waals surface area contributed by atoms with Crippen LogP contribution in [0.3, 0.4) is 0 Å². The predicted octanol–water partition coefficient (Wildman–Crippen LogP) is 1.66. The summed E-state index contributed by atoms with van der Waals surface area (Å²) in [5.74, 6) is 0. The maximum Gasteiger partial charge on any atom is 0.111 e. The molecule has 1 fully saturated rings. The molecule has 1 saturated heterocycles. The predicted molar refractivity (Wildman–Crippen MR) is 54.9 cm³/mol. The van der Waals surface area contributed by atoms with Gasteiger partial charge < -0.3 is 10.0 Å². The van der Waals surface area contributed by atoms with E-state index in [9.17, 15) is 5.11 Å².